The van der Waals surface area contributed by atoms with Gasteiger partial charge in [0.25, 0.3) is 0 Å². The van der Waals surface area contributed by atoms with Gasteiger partial charge >= 0.3 is 0 Å². The molecule has 0 bridgehead atoms. The summed E-state index contributed by atoms with van der Waals surface area (Å²) in [4.78, 5) is 1.08. The predicted octanol–water partition coefficient (Wildman–Crippen LogP) is 6.11. The number of hydrogen-bond acceptors (Lipinski definition) is 1. The van der Waals surface area contributed by atoms with Crippen LogP contribution in [0.25, 0.3) is 0 Å². The van der Waals surface area contributed by atoms with Crippen molar-refractivity contribution in [1.29, 1.82) is 0 Å². The molecule has 0 spiro atoms. The van der Waals surface area contributed by atoms with Crippen molar-refractivity contribution in [2.24, 2.45) is 0 Å². The van der Waals surface area contributed by atoms with E-state index in [4.69, 9.17) is 23.2 Å². The first-order valence-electron chi connectivity index (χ1n) is 5.15. The standard InChI is InChI=1S/C13H11BrCl2S/c1-7-3-4-9(10(14)5-7)12(15)11-6-8(2)13(16)17-11/h3-6,12H,1-2H3. The van der Waals surface area contributed by atoms with Crippen LogP contribution in [0, 0.1) is 13.8 Å². The maximum atomic E-state index is 6.50. The third kappa shape index (κ3) is 2.87. The lowest BCUT2D eigenvalue weighted by Gasteiger charge is -2.10. The fourth-order valence-corrected chi connectivity index (χ4v) is 4.06. The average Bonchev–Trinajstić information content (AvgIpc) is 2.58. The molecule has 0 aliphatic carbocycles. The fraction of sp³-hybridized carbons (Fsp3) is 0.231. The van der Waals surface area contributed by atoms with Gasteiger partial charge in [0.1, 0.15) is 0 Å². The lowest BCUT2D eigenvalue weighted by Crippen LogP contribution is -1.92. The van der Waals surface area contributed by atoms with E-state index in [1.54, 1.807) is 11.3 Å². The molecule has 1 heterocycles. The topological polar surface area (TPSA) is 0 Å². The lowest BCUT2D eigenvalue weighted by atomic mass is 10.1. The molecule has 1 aromatic carbocycles. The molecule has 0 aliphatic rings. The van der Waals surface area contributed by atoms with Gasteiger partial charge in [-0.25, -0.2) is 0 Å². The van der Waals surface area contributed by atoms with Crippen LogP contribution >= 0.6 is 50.5 Å². The van der Waals surface area contributed by atoms with E-state index in [2.05, 4.69) is 47.1 Å². The van der Waals surface area contributed by atoms with Crippen LogP contribution in [0.5, 0.6) is 0 Å². The SMILES string of the molecule is Cc1ccc(C(Cl)c2cc(C)c(Cl)s2)c(Br)c1. The van der Waals surface area contributed by atoms with Crippen LogP contribution in [0.2, 0.25) is 4.34 Å². The molecule has 0 aliphatic heterocycles. The third-order valence-electron chi connectivity index (χ3n) is 2.56. The van der Waals surface area contributed by atoms with Crippen LogP contribution in [-0.4, -0.2) is 0 Å². The molecule has 0 radical (unpaired) electrons. The van der Waals surface area contributed by atoms with Crippen molar-refractivity contribution < 1.29 is 0 Å². The maximum absolute atomic E-state index is 6.50. The van der Waals surface area contributed by atoms with Gasteiger partial charge in [0.15, 0.2) is 0 Å². The van der Waals surface area contributed by atoms with E-state index >= 15 is 0 Å². The quantitative estimate of drug-likeness (QED) is 0.574. The highest BCUT2D eigenvalue weighted by Crippen LogP contribution is 2.40. The summed E-state index contributed by atoms with van der Waals surface area (Å²) in [6.45, 7) is 4.06. The summed E-state index contributed by atoms with van der Waals surface area (Å²) in [6, 6.07) is 8.25. The summed E-state index contributed by atoms with van der Waals surface area (Å²) < 4.78 is 1.86. The molecule has 17 heavy (non-hydrogen) atoms. The average molecular weight is 350 g/mol. The Labute approximate surface area is 124 Å². The van der Waals surface area contributed by atoms with E-state index in [9.17, 15) is 0 Å². The highest BCUT2D eigenvalue weighted by Gasteiger charge is 2.17. The van der Waals surface area contributed by atoms with Gasteiger partial charge in [0, 0.05) is 9.35 Å². The van der Waals surface area contributed by atoms with Crippen molar-refractivity contribution in [1.82, 2.24) is 0 Å². The van der Waals surface area contributed by atoms with Gasteiger partial charge in [-0.2, -0.15) is 0 Å². The van der Waals surface area contributed by atoms with Crippen molar-refractivity contribution in [3.63, 3.8) is 0 Å². The molecule has 0 saturated heterocycles. The molecule has 1 unspecified atom stereocenters. The Bertz CT molecular complexity index is 529. The zero-order valence-corrected chi connectivity index (χ0v) is 13.3. The molecule has 0 nitrogen and oxygen atoms in total. The fourth-order valence-electron chi connectivity index (χ4n) is 1.60. The molecule has 0 fully saturated rings. The Balaban J connectivity index is 2.39. The van der Waals surface area contributed by atoms with Gasteiger partial charge in [0.05, 0.1) is 9.71 Å². The first-order valence-corrected chi connectivity index (χ1v) is 7.57. The van der Waals surface area contributed by atoms with Crippen LogP contribution < -0.4 is 0 Å². The summed E-state index contributed by atoms with van der Waals surface area (Å²) >= 11 is 17.7. The Morgan fingerprint density at radius 2 is 1.94 bits per heavy atom. The van der Waals surface area contributed by atoms with Crippen LogP contribution in [0.3, 0.4) is 0 Å². The number of alkyl halides is 1. The summed E-state index contributed by atoms with van der Waals surface area (Å²) in [5.74, 6) is 0. The Morgan fingerprint density at radius 3 is 2.47 bits per heavy atom. The largest absolute Gasteiger partial charge is 0.126 e. The molecule has 0 saturated carbocycles. The van der Waals surface area contributed by atoms with Gasteiger partial charge in [-0.1, -0.05) is 39.7 Å². The molecular weight excluding hydrogens is 339 g/mol. The van der Waals surface area contributed by atoms with E-state index in [1.165, 1.54) is 5.56 Å². The number of aryl methyl sites for hydroxylation is 2. The van der Waals surface area contributed by atoms with Crippen molar-refractivity contribution in [2.75, 3.05) is 0 Å². The van der Waals surface area contributed by atoms with Gasteiger partial charge in [-0.3, -0.25) is 0 Å². The monoisotopic (exact) mass is 348 g/mol. The van der Waals surface area contributed by atoms with Gasteiger partial charge in [0.2, 0.25) is 0 Å². The van der Waals surface area contributed by atoms with E-state index in [0.717, 1.165) is 24.8 Å². The smallest absolute Gasteiger partial charge is 0.0960 e. The molecule has 2 rings (SSSR count). The van der Waals surface area contributed by atoms with Crippen LogP contribution in [-0.2, 0) is 0 Å². The molecule has 4 heteroatoms. The molecule has 1 aromatic heterocycles. The summed E-state index contributed by atoms with van der Waals surface area (Å²) in [7, 11) is 0. The van der Waals surface area contributed by atoms with E-state index < -0.39 is 0 Å². The summed E-state index contributed by atoms with van der Waals surface area (Å²) in [5, 5.41) is -0.152. The van der Waals surface area contributed by atoms with Crippen molar-refractivity contribution in [3.05, 3.63) is 54.6 Å². The van der Waals surface area contributed by atoms with Crippen molar-refractivity contribution in [3.8, 4) is 0 Å². The number of hydrogen-bond donors (Lipinski definition) is 0. The second-order valence-electron chi connectivity index (χ2n) is 3.99. The number of thiophene rings is 1. The Hall–Kier alpha value is -0.0200. The van der Waals surface area contributed by atoms with Crippen LogP contribution in [0.4, 0.5) is 0 Å². The maximum Gasteiger partial charge on any atom is 0.0960 e. The van der Waals surface area contributed by atoms with E-state index in [1.807, 2.05) is 6.92 Å². The molecule has 2 aromatic rings. The predicted molar refractivity (Wildman–Crippen MR) is 80.6 cm³/mol. The van der Waals surface area contributed by atoms with E-state index in [0.29, 0.717) is 0 Å². The van der Waals surface area contributed by atoms with E-state index in [-0.39, 0.29) is 5.38 Å². The minimum Gasteiger partial charge on any atom is -0.126 e. The highest BCUT2D eigenvalue weighted by molar-refractivity contribution is 9.10. The Kier molecular flexibility index (Phi) is 4.19. The summed E-state index contributed by atoms with van der Waals surface area (Å²) in [6.07, 6.45) is 0. The molecule has 1 atom stereocenters. The molecule has 0 amide bonds. The molecule has 90 valence electrons. The normalized spacial score (nSPS) is 12.8. The zero-order chi connectivity index (χ0) is 12.6. The van der Waals surface area contributed by atoms with Crippen molar-refractivity contribution in [2.45, 2.75) is 19.2 Å². The highest BCUT2D eigenvalue weighted by atomic mass is 79.9. The second kappa shape index (κ2) is 5.31. The number of rotatable bonds is 2. The van der Waals surface area contributed by atoms with Crippen LogP contribution in [0.15, 0.2) is 28.7 Å². The first-order chi connectivity index (χ1) is 7.99. The second-order valence-corrected chi connectivity index (χ2v) is 6.97. The van der Waals surface area contributed by atoms with Gasteiger partial charge in [-0.15, -0.1) is 22.9 Å². The molecule has 0 N–H and O–H groups in total. The minimum atomic E-state index is -0.152. The lowest BCUT2D eigenvalue weighted by molar-refractivity contribution is 1.16. The zero-order valence-electron chi connectivity index (χ0n) is 9.43. The van der Waals surface area contributed by atoms with Crippen LogP contribution in [0.1, 0.15) is 26.9 Å². The third-order valence-corrected chi connectivity index (χ3v) is 5.46. The number of benzene rings is 1. The first kappa shape index (κ1) is 13.4. The number of halogens is 3. The molecular formula is C13H11BrCl2S. The Morgan fingerprint density at radius 1 is 1.24 bits per heavy atom. The summed E-state index contributed by atoms with van der Waals surface area (Å²) in [5.41, 5.74) is 3.38. The minimum absolute atomic E-state index is 0.152. The van der Waals surface area contributed by atoms with Crippen molar-refractivity contribution >= 4 is 50.5 Å². The van der Waals surface area contributed by atoms with Gasteiger partial charge < -0.3 is 0 Å². The van der Waals surface area contributed by atoms with Gasteiger partial charge in [-0.05, 0) is 42.7 Å².